The van der Waals surface area contributed by atoms with Crippen molar-refractivity contribution in [3.05, 3.63) is 47.5 Å². The van der Waals surface area contributed by atoms with Crippen LogP contribution >= 0.6 is 0 Å². The van der Waals surface area contributed by atoms with E-state index in [1.807, 2.05) is 19.1 Å². The summed E-state index contributed by atoms with van der Waals surface area (Å²) in [6.07, 6.45) is 0.715. The van der Waals surface area contributed by atoms with Crippen molar-refractivity contribution < 1.29 is 14.3 Å². The van der Waals surface area contributed by atoms with Gasteiger partial charge in [-0.25, -0.2) is 9.59 Å². The quantitative estimate of drug-likeness (QED) is 0.445. The van der Waals surface area contributed by atoms with Gasteiger partial charge >= 0.3 is 11.9 Å². The predicted molar refractivity (Wildman–Crippen MR) is 61.1 cm³/mol. The van der Waals surface area contributed by atoms with Gasteiger partial charge in [0.1, 0.15) is 0 Å². The third-order valence-electron chi connectivity index (χ3n) is 2.15. The molecule has 0 spiro atoms. The van der Waals surface area contributed by atoms with Gasteiger partial charge in [-0.1, -0.05) is 31.7 Å². The van der Waals surface area contributed by atoms with Gasteiger partial charge in [-0.3, -0.25) is 0 Å². The molecule has 16 heavy (non-hydrogen) atoms. The summed E-state index contributed by atoms with van der Waals surface area (Å²) >= 11 is 0. The first kappa shape index (κ1) is 12.2. The van der Waals surface area contributed by atoms with E-state index in [2.05, 4.69) is 11.3 Å². The van der Waals surface area contributed by atoms with Gasteiger partial charge in [-0.2, -0.15) is 0 Å². The van der Waals surface area contributed by atoms with Crippen LogP contribution in [0.3, 0.4) is 0 Å². The van der Waals surface area contributed by atoms with Crippen LogP contribution in [0.4, 0.5) is 0 Å². The molecule has 1 rings (SSSR count). The summed E-state index contributed by atoms with van der Waals surface area (Å²) in [5.41, 5.74) is 1.50. The lowest BCUT2D eigenvalue weighted by atomic mass is 10.1. The summed E-state index contributed by atoms with van der Waals surface area (Å²) in [4.78, 5) is 22.8. The van der Waals surface area contributed by atoms with E-state index in [1.54, 1.807) is 12.1 Å². The van der Waals surface area contributed by atoms with Crippen molar-refractivity contribution in [2.75, 3.05) is 0 Å². The molecule has 0 aliphatic carbocycles. The lowest BCUT2D eigenvalue weighted by Gasteiger charge is -2.06. The Balaban J connectivity index is 2.88. The minimum absolute atomic E-state index is 0.210. The Hall–Kier alpha value is -1.90. The Morgan fingerprint density at radius 3 is 2.50 bits per heavy atom. The number of rotatable bonds is 3. The van der Waals surface area contributed by atoms with Crippen LogP contribution in [-0.2, 0) is 16.0 Å². The summed E-state index contributed by atoms with van der Waals surface area (Å²) in [6.45, 7) is 6.86. The Morgan fingerprint density at radius 2 is 1.94 bits per heavy atom. The molecule has 0 unspecified atom stereocenters. The molecule has 0 fully saturated rings. The van der Waals surface area contributed by atoms with Gasteiger partial charge in [0, 0.05) is 5.57 Å². The van der Waals surface area contributed by atoms with E-state index in [1.165, 1.54) is 6.92 Å². The smallest absolute Gasteiger partial charge is 0.346 e. The summed E-state index contributed by atoms with van der Waals surface area (Å²) in [5, 5.41) is 0. The van der Waals surface area contributed by atoms with Crippen LogP contribution in [0.25, 0.3) is 0 Å². The van der Waals surface area contributed by atoms with Crippen molar-refractivity contribution in [1.82, 2.24) is 0 Å². The van der Waals surface area contributed by atoms with Crippen molar-refractivity contribution in [2.24, 2.45) is 0 Å². The molecule has 84 valence electrons. The van der Waals surface area contributed by atoms with Crippen LogP contribution in [0.2, 0.25) is 0 Å². The molecule has 0 bridgehead atoms. The molecule has 1 aromatic carbocycles. The SMILES string of the molecule is C=C(C)C(=O)OC(=O)c1ccccc1CC. The molecule has 3 nitrogen and oxygen atoms in total. The minimum atomic E-state index is -0.684. The molecule has 0 aliphatic rings. The van der Waals surface area contributed by atoms with Crippen molar-refractivity contribution in [2.45, 2.75) is 20.3 Å². The fourth-order valence-electron chi connectivity index (χ4n) is 1.25. The first-order valence-corrected chi connectivity index (χ1v) is 5.06. The average molecular weight is 218 g/mol. The van der Waals surface area contributed by atoms with E-state index in [-0.39, 0.29) is 5.57 Å². The van der Waals surface area contributed by atoms with Crippen LogP contribution in [0.15, 0.2) is 36.4 Å². The Morgan fingerprint density at radius 1 is 1.31 bits per heavy atom. The minimum Gasteiger partial charge on any atom is -0.386 e. The highest BCUT2D eigenvalue weighted by atomic mass is 16.6. The monoisotopic (exact) mass is 218 g/mol. The van der Waals surface area contributed by atoms with E-state index < -0.39 is 11.9 Å². The second-order valence-corrected chi connectivity index (χ2v) is 3.47. The zero-order valence-corrected chi connectivity index (χ0v) is 9.45. The summed E-state index contributed by atoms with van der Waals surface area (Å²) in [7, 11) is 0. The number of benzene rings is 1. The topological polar surface area (TPSA) is 43.4 Å². The number of carbonyl (C=O) groups excluding carboxylic acids is 2. The van der Waals surface area contributed by atoms with Gasteiger partial charge in [0.2, 0.25) is 0 Å². The maximum atomic E-state index is 11.7. The number of hydrogen-bond acceptors (Lipinski definition) is 3. The summed E-state index contributed by atoms with van der Waals surface area (Å²) in [5.74, 6) is -1.30. The summed E-state index contributed by atoms with van der Waals surface area (Å²) < 4.78 is 4.66. The molecule has 3 heteroatoms. The molecular formula is C13H14O3. The maximum absolute atomic E-state index is 11.7. The van der Waals surface area contributed by atoms with Crippen LogP contribution in [-0.4, -0.2) is 11.9 Å². The number of carbonyl (C=O) groups is 2. The molecule has 0 saturated heterocycles. The van der Waals surface area contributed by atoms with Crippen molar-refractivity contribution in [3.8, 4) is 0 Å². The highest BCUT2D eigenvalue weighted by Crippen LogP contribution is 2.11. The maximum Gasteiger partial charge on any atom is 0.346 e. The lowest BCUT2D eigenvalue weighted by molar-refractivity contribution is -0.133. The Labute approximate surface area is 94.7 Å². The number of aryl methyl sites for hydroxylation is 1. The lowest BCUT2D eigenvalue weighted by Crippen LogP contribution is -2.14. The standard InChI is InChI=1S/C13H14O3/c1-4-10-7-5-6-8-11(10)13(15)16-12(14)9(2)3/h5-8H,2,4H2,1,3H3. The van der Waals surface area contributed by atoms with Gasteiger partial charge in [0.15, 0.2) is 0 Å². The average Bonchev–Trinajstić information content (AvgIpc) is 2.28. The molecule has 0 heterocycles. The Bertz CT molecular complexity index is 433. The molecule has 0 N–H and O–H groups in total. The second kappa shape index (κ2) is 5.26. The molecule has 0 aliphatic heterocycles. The molecule has 0 aromatic heterocycles. The predicted octanol–water partition coefficient (Wildman–Crippen LogP) is 2.51. The molecule has 0 amide bonds. The normalized spacial score (nSPS) is 9.62. The van der Waals surface area contributed by atoms with Crippen LogP contribution in [0, 0.1) is 0 Å². The van der Waals surface area contributed by atoms with Gasteiger partial charge in [0.25, 0.3) is 0 Å². The first-order chi connectivity index (χ1) is 7.56. The fraction of sp³-hybridized carbons (Fsp3) is 0.231. The third kappa shape index (κ3) is 2.79. The van der Waals surface area contributed by atoms with Crippen LogP contribution in [0.5, 0.6) is 0 Å². The zero-order chi connectivity index (χ0) is 12.1. The number of esters is 2. The van der Waals surface area contributed by atoms with E-state index in [9.17, 15) is 9.59 Å². The van der Waals surface area contributed by atoms with E-state index in [0.29, 0.717) is 12.0 Å². The first-order valence-electron chi connectivity index (χ1n) is 5.06. The highest BCUT2D eigenvalue weighted by Gasteiger charge is 2.15. The largest absolute Gasteiger partial charge is 0.386 e. The summed E-state index contributed by atoms with van der Waals surface area (Å²) in [6, 6.07) is 7.06. The van der Waals surface area contributed by atoms with Gasteiger partial charge < -0.3 is 4.74 Å². The van der Waals surface area contributed by atoms with Gasteiger partial charge in [-0.05, 0) is 25.0 Å². The third-order valence-corrected chi connectivity index (χ3v) is 2.15. The highest BCUT2D eigenvalue weighted by molar-refractivity contribution is 6.02. The fourth-order valence-corrected chi connectivity index (χ4v) is 1.25. The molecule has 0 atom stereocenters. The Kier molecular flexibility index (Phi) is 4.00. The van der Waals surface area contributed by atoms with Gasteiger partial charge in [-0.15, -0.1) is 0 Å². The van der Waals surface area contributed by atoms with Crippen molar-refractivity contribution >= 4 is 11.9 Å². The molecule has 1 aromatic rings. The zero-order valence-electron chi connectivity index (χ0n) is 9.45. The van der Waals surface area contributed by atoms with Crippen LogP contribution < -0.4 is 0 Å². The molecular weight excluding hydrogens is 204 g/mol. The second-order valence-electron chi connectivity index (χ2n) is 3.47. The van der Waals surface area contributed by atoms with Crippen LogP contribution in [0.1, 0.15) is 29.8 Å². The van der Waals surface area contributed by atoms with E-state index >= 15 is 0 Å². The van der Waals surface area contributed by atoms with Crippen molar-refractivity contribution in [1.29, 1.82) is 0 Å². The van der Waals surface area contributed by atoms with E-state index in [0.717, 1.165) is 5.56 Å². The van der Waals surface area contributed by atoms with Gasteiger partial charge in [0.05, 0.1) is 5.56 Å². The molecule has 0 saturated carbocycles. The van der Waals surface area contributed by atoms with Crippen molar-refractivity contribution in [3.63, 3.8) is 0 Å². The number of ether oxygens (including phenoxy) is 1. The van der Waals surface area contributed by atoms with E-state index in [4.69, 9.17) is 0 Å². The molecule has 0 radical (unpaired) electrons. The number of hydrogen-bond donors (Lipinski definition) is 0.